The summed E-state index contributed by atoms with van der Waals surface area (Å²) in [7, 11) is 0. The lowest BCUT2D eigenvalue weighted by Crippen LogP contribution is -2.10. The molecule has 112 valence electrons. The van der Waals surface area contributed by atoms with Crippen LogP contribution >= 0.6 is 27.3 Å². The molecule has 3 aromatic rings. The molecular formula is C15H11BrN2O3S. The predicted molar refractivity (Wildman–Crippen MR) is 87.2 cm³/mol. The third-order valence-corrected chi connectivity index (χ3v) is 3.90. The summed E-state index contributed by atoms with van der Waals surface area (Å²) in [6, 6.07) is 10.8. The van der Waals surface area contributed by atoms with Crippen molar-refractivity contribution in [1.29, 1.82) is 0 Å². The van der Waals surface area contributed by atoms with Crippen molar-refractivity contribution in [2.75, 3.05) is 5.32 Å². The van der Waals surface area contributed by atoms with Crippen LogP contribution in [0.5, 0.6) is 5.75 Å². The average Bonchev–Trinajstić information content (AvgIpc) is 3.16. The van der Waals surface area contributed by atoms with Crippen LogP contribution in [0.15, 0.2) is 56.9 Å². The third kappa shape index (κ3) is 3.75. The number of ether oxygens (including phenoxy) is 1. The molecule has 5 nitrogen and oxygen atoms in total. The van der Waals surface area contributed by atoms with Crippen LogP contribution in [-0.4, -0.2) is 10.9 Å². The first-order chi connectivity index (χ1) is 10.7. The molecule has 0 bridgehead atoms. The predicted octanol–water partition coefficient (Wildman–Crippen LogP) is 4.33. The molecule has 3 rings (SSSR count). The van der Waals surface area contributed by atoms with E-state index in [1.54, 1.807) is 23.7 Å². The van der Waals surface area contributed by atoms with Crippen LogP contribution in [-0.2, 0) is 6.61 Å². The van der Waals surface area contributed by atoms with Gasteiger partial charge in [-0.05, 0) is 30.3 Å². The van der Waals surface area contributed by atoms with Gasteiger partial charge in [-0.15, -0.1) is 11.3 Å². The monoisotopic (exact) mass is 378 g/mol. The molecule has 0 fully saturated rings. The highest BCUT2D eigenvalue weighted by Gasteiger charge is 2.12. The van der Waals surface area contributed by atoms with Gasteiger partial charge in [0.05, 0.1) is 0 Å². The first-order valence-electron chi connectivity index (χ1n) is 6.38. The first-order valence-corrected chi connectivity index (χ1v) is 8.06. The van der Waals surface area contributed by atoms with Crippen LogP contribution in [0.1, 0.15) is 16.3 Å². The van der Waals surface area contributed by atoms with Crippen molar-refractivity contribution in [2.24, 2.45) is 0 Å². The van der Waals surface area contributed by atoms with Crippen LogP contribution in [0.2, 0.25) is 0 Å². The topological polar surface area (TPSA) is 64.4 Å². The van der Waals surface area contributed by atoms with Crippen molar-refractivity contribution in [2.45, 2.75) is 6.61 Å². The SMILES string of the molecule is O=C(Nc1nccs1)c1ccc(COc2cccc(Br)c2)o1. The normalized spacial score (nSPS) is 10.4. The number of furan rings is 1. The molecule has 0 saturated carbocycles. The Bertz CT molecular complexity index is 771. The highest BCUT2D eigenvalue weighted by atomic mass is 79.9. The third-order valence-electron chi connectivity index (χ3n) is 2.72. The van der Waals surface area contributed by atoms with Crippen LogP contribution in [0.3, 0.4) is 0 Å². The Morgan fingerprint density at radius 1 is 1.36 bits per heavy atom. The van der Waals surface area contributed by atoms with E-state index in [9.17, 15) is 4.79 Å². The van der Waals surface area contributed by atoms with Gasteiger partial charge in [0.25, 0.3) is 5.91 Å². The number of amides is 1. The zero-order valence-corrected chi connectivity index (χ0v) is 13.7. The number of rotatable bonds is 5. The van der Waals surface area contributed by atoms with Crippen molar-refractivity contribution in [3.63, 3.8) is 0 Å². The van der Waals surface area contributed by atoms with Crippen molar-refractivity contribution >= 4 is 38.3 Å². The standard InChI is InChI=1S/C15H11BrN2O3S/c16-10-2-1-3-11(8-10)20-9-12-4-5-13(21-12)14(19)18-15-17-6-7-22-15/h1-8H,9H2,(H,17,18,19). The van der Waals surface area contributed by atoms with Gasteiger partial charge in [0.15, 0.2) is 10.9 Å². The second kappa shape index (κ2) is 6.76. The van der Waals surface area contributed by atoms with Gasteiger partial charge in [-0.25, -0.2) is 4.98 Å². The fraction of sp³-hybridized carbons (Fsp3) is 0.0667. The van der Waals surface area contributed by atoms with Gasteiger partial charge >= 0.3 is 0 Å². The minimum absolute atomic E-state index is 0.225. The Hall–Kier alpha value is -2.12. The van der Waals surface area contributed by atoms with E-state index in [0.29, 0.717) is 10.9 Å². The van der Waals surface area contributed by atoms with E-state index in [-0.39, 0.29) is 18.3 Å². The lowest BCUT2D eigenvalue weighted by molar-refractivity contribution is 0.0992. The number of hydrogen-bond acceptors (Lipinski definition) is 5. The first kappa shape index (κ1) is 14.8. The molecule has 2 aromatic heterocycles. The van der Waals surface area contributed by atoms with E-state index in [1.807, 2.05) is 24.3 Å². The van der Waals surface area contributed by atoms with E-state index in [0.717, 1.165) is 10.2 Å². The molecular weight excluding hydrogens is 368 g/mol. The van der Waals surface area contributed by atoms with Crippen LogP contribution in [0, 0.1) is 0 Å². The average molecular weight is 379 g/mol. The minimum atomic E-state index is -0.330. The van der Waals surface area contributed by atoms with Crippen LogP contribution < -0.4 is 10.1 Å². The Kier molecular flexibility index (Phi) is 4.55. The molecule has 1 amide bonds. The summed E-state index contributed by atoms with van der Waals surface area (Å²) in [5.41, 5.74) is 0. The Morgan fingerprint density at radius 2 is 2.27 bits per heavy atom. The van der Waals surface area contributed by atoms with Crippen LogP contribution in [0.25, 0.3) is 0 Å². The zero-order chi connectivity index (χ0) is 15.4. The molecule has 0 atom stereocenters. The molecule has 0 aliphatic carbocycles. The number of carbonyl (C=O) groups is 1. The summed E-state index contributed by atoms with van der Waals surface area (Å²) in [6.45, 7) is 0.251. The smallest absolute Gasteiger partial charge is 0.293 e. The fourth-order valence-corrected chi connectivity index (χ4v) is 2.63. The summed E-state index contributed by atoms with van der Waals surface area (Å²) >= 11 is 4.73. The molecule has 0 spiro atoms. The zero-order valence-electron chi connectivity index (χ0n) is 11.3. The van der Waals surface area contributed by atoms with Crippen molar-refractivity contribution in [3.8, 4) is 5.75 Å². The molecule has 22 heavy (non-hydrogen) atoms. The van der Waals surface area contributed by atoms with Gasteiger partial charge in [0.1, 0.15) is 18.1 Å². The number of aromatic nitrogens is 1. The molecule has 7 heteroatoms. The number of nitrogens with one attached hydrogen (secondary N) is 1. The van der Waals surface area contributed by atoms with E-state index in [1.165, 1.54) is 11.3 Å². The highest BCUT2D eigenvalue weighted by molar-refractivity contribution is 9.10. The molecule has 1 N–H and O–H groups in total. The van der Waals surface area contributed by atoms with Crippen molar-refractivity contribution < 1.29 is 13.9 Å². The largest absolute Gasteiger partial charge is 0.486 e. The summed E-state index contributed by atoms with van der Waals surface area (Å²) in [6.07, 6.45) is 1.62. The quantitative estimate of drug-likeness (QED) is 0.717. The number of anilines is 1. The molecule has 0 aliphatic heterocycles. The number of halogens is 1. The number of nitrogens with zero attached hydrogens (tertiary/aromatic N) is 1. The molecule has 2 heterocycles. The van der Waals surface area contributed by atoms with Crippen molar-refractivity contribution in [1.82, 2.24) is 4.98 Å². The summed E-state index contributed by atoms with van der Waals surface area (Å²) in [4.78, 5) is 15.9. The lowest BCUT2D eigenvalue weighted by atomic mass is 10.3. The number of hydrogen-bond donors (Lipinski definition) is 1. The molecule has 1 aromatic carbocycles. The fourth-order valence-electron chi connectivity index (χ4n) is 1.73. The van der Waals surface area contributed by atoms with E-state index in [4.69, 9.17) is 9.15 Å². The maximum Gasteiger partial charge on any atom is 0.293 e. The van der Waals surface area contributed by atoms with E-state index >= 15 is 0 Å². The van der Waals surface area contributed by atoms with Gasteiger partial charge < -0.3 is 9.15 Å². The van der Waals surface area contributed by atoms with Gasteiger partial charge in [-0.1, -0.05) is 22.0 Å². The van der Waals surface area contributed by atoms with Gasteiger partial charge in [0.2, 0.25) is 0 Å². The molecule has 0 saturated heterocycles. The number of benzene rings is 1. The maximum atomic E-state index is 12.0. The Morgan fingerprint density at radius 3 is 3.05 bits per heavy atom. The van der Waals surface area contributed by atoms with Crippen LogP contribution in [0.4, 0.5) is 5.13 Å². The number of carbonyl (C=O) groups excluding carboxylic acids is 1. The second-order valence-electron chi connectivity index (χ2n) is 4.30. The van der Waals surface area contributed by atoms with Crippen molar-refractivity contribution in [3.05, 3.63) is 64.0 Å². The summed E-state index contributed by atoms with van der Waals surface area (Å²) in [5, 5.41) is 4.98. The lowest BCUT2D eigenvalue weighted by Gasteiger charge is -2.04. The van der Waals surface area contributed by atoms with Gasteiger partial charge in [0, 0.05) is 16.0 Å². The highest BCUT2D eigenvalue weighted by Crippen LogP contribution is 2.20. The molecule has 0 unspecified atom stereocenters. The Balaban J connectivity index is 1.60. The Labute approximate surface area is 139 Å². The second-order valence-corrected chi connectivity index (χ2v) is 6.11. The van der Waals surface area contributed by atoms with Gasteiger partial charge in [-0.2, -0.15) is 0 Å². The summed E-state index contributed by atoms with van der Waals surface area (Å²) in [5.74, 6) is 1.19. The van der Waals surface area contributed by atoms with Gasteiger partial charge in [-0.3, -0.25) is 10.1 Å². The molecule has 0 aliphatic rings. The number of thiazole rings is 1. The maximum absolute atomic E-state index is 12.0. The van der Waals surface area contributed by atoms with E-state index in [2.05, 4.69) is 26.2 Å². The minimum Gasteiger partial charge on any atom is -0.486 e. The molecule has 0 radical (unpaired) electrons. The van der Waals surface area contributed by atoms with E-state index < -0.39 is 0 Å². The summed E-state index contributed by atoms with van der Waals surface area (Å²) < 4.78 is 12.0.